The topological polar surface area (TPSA) is 32.9 Å². The molecule has 1 heterocycles. The number of H-pyrrole nitrogens is 1. The zero-order valence-electron chi connectivity index (χ0n) is 10.3. The van der Waals surface area contributed by atoms with Crippen molar-refractivity contribution in [1.82, 2.24) is 4.98 Å². The molecule has 0 fully saturated rings. The molecule has 1 N–H and O–H groups in total. The molecule has 0 unspecified atom stereocenters. The molecule has 0 saturated carbocycles. The number of benzene rings is 1. The summed E-state index contributed by atoms with van der Waals surface area (Å²) in [4.78, 5) is 14.8. The maximum absolute atomic E-state index is 11.5. The number of aromatic amines is 1. The molecule has 2 aromatic rings. The Morgan fingerprint density at radius 1 is 1.35 bits per heavy atom. The first-order valence-corrected chi connectivity index (χ1v) is 6.00. The quantitative estimate of drug-likeness (QED) is 0.790. The first-order valence-electron chi connectivity index (χ1n) is 6.00. The zero-order valence-corrected chi connectivity index (χ0v) is 10.3. The summed E-state index contributed by atoms with van der Waals surface area (Å²) in [6.07, 6.45) is 5.13. The Morgan fingerprint density at radius 2 is 2.12 bits per heavy atom. The van der Waals surface area contributed by atoms with Crippen LogP contribution >= 0.6 is 0 Å². The molecular weight excluding hydrogens is 210 g/mol. The van der Waals surface area contributed by atoms with Gasteiger partial charge in [-0.1, -0.05) is 25.1 Å². The molecule has 0 aliphatic heterocycles. The molecule has 1 aromatic heterocycles. The van der Waals surface area contributed by atoms with E-state index in [1.165, 1.54) is 5.39 Å². The number of ketones is 1. The summed E-state index contributed by atoms with van der Waals surface area (Å²) in [6.45, 7) is 4.05. The van der Waals surface area contributed by atoms with Gasteiger partial charge in [-0.05, 0) is 31.6 Å². The first-order chi connectivity index (χ1) is 8.22. The van der Waals surface area contributed by atoms with Crippen LogP contribution in [0.3, 0.4) is 0 Å². The van der Waals surface area contributed by atoms with Crippen molar-refractivity contribution in [3.63, 3.8) is 0 Å². The third-order valence-corrected chi connectivity index (χ3v) is 2.88. The summed E-state index contributed by atoms with van der Waals surface area (Å²) in [7, 11) is 0. The zero-order chi connectivity index (χ0) is 12.3. The average molecular weight is 227 g/mol. The number of aromatic nitrogens is 1. The third-order valence-electron chi connectivity index (χ3n) is 2.88. The lowest BCUT2D eigenvalue weighted by Gasteiger charge is -1.93. The normalized spacial score (nSPS) is 11.4. The SMILES string of the molecule is CCCC(=O)/C=C\c1c(C)[nH]c2ccccc12. The lowest BCUT2D eigenvalue weighted by molar-refractivity contribution is -0.114. The van der Waals surface area contributed by atoms with Crippen molar-refractivity contribution in [1.29, 1.82) is 0 Å². The number of fused-ring (bicyclic) bond motifs is 1. The molecule has 1 aromatic carbocycles. The van der Waals surface area contributed by atoms with E-state index in [0.717, 1.165) is 23.2 Å². The van der Waals surface area contributed by atoms with Crippen LogP contribution in [0.4, 0.5) is 0 Å². The second-order valence-corrected chi connectivity index (χ2v) is 4.26. The van der Waals surface area contributed by atoms with Crippen molar-refractivity contribution in [2.75, 3.05) is 0 Å². The maximum Gasteiger partial charge on any atom is 0.155 e. The standard InChI is InChI=1S/C15H17NO/c1-3-6-12(17)9-10-13-11(2)16-15-8-5-4-7-14(13)15/h4-5,7-10,16H,3,6H2,1-2H3/b10-9-. The molecular formula is C15H17NO. The summed E-state index contributed by atoms with van der Waals surface area (Å²) < 4.78 is 0. The average Bonchev–Trinajstić information content (AvgIpc) is 2.62. The second kappa shape index (κ2) is 5.00. The third kappa shape index (κ3) is 2.47. The molecule has 0 saturated heterocycles. The van der Waals surface area contributed by atoms with Crippen LogP contribution in [0.15, 0.2) is 30.3 Å². The summed E-state index contributed by atoms with van der Waals surface area (Å²) in [5, 5.41) is 1.17. The minimum atomic E-state index is 0.192. The van der Waals surface area contributed by atoms with Gasteiger partial charge in [0.15, 0.2) is 5.78 Å². The molecule has 2 heteroatoms. The van der Waals surface area contributed by atoms with Crippen LogP contribution < -0.4 is 0 Å². The first kappa shape index (κ1) is 11.6. The van der Waals surface area contributed by atoms with Gasteiger partial charge in [0, 0.05) is 28.6 Å². The van der Waals surface area contributed by atoms with Gasteiger partial charge in [0.25, 0.3) is 0 Å². The van der Waals surface area contributed by atoms with Gasteiger partial charge in [-0.25, -0.2) is 0 Å². The molecule has 0 spiro atoms. The highest BCUT2D eigenvalue weighted by Gasteiger charge is 2.04. The van der Waals surface area contributed by atoms with Gasteiger partial charge >= 0.3 is 0 Å². The second-order valence-electron chi connectivity index (χ2n) is 4.26. The van der Waals surface area contributed by atoms with E-state index in [-0.39, 0.29) is 5.78 Å². The number of hydrogen-bond donors (Lipinski definition) is 1. The van der Waals surface area contributed by atoms with E-state index in [0.29, 0.717) is 6.42 Å². The van der Waals surface area contributed by atoms with Crippen LogP contribution in [0.1, 0.15) is 31.0 Å². The smallest absolute Gasteiger partial charge is 0.155 e. The van der Waals surface area contributed by atoms with Crippen LogP contribution in [-0.4, -0.2) is 10.8 Å². The number of carbonyl (C=O) groups is 1. The molecule has 0 radical (unpaired) electrons. The Hall–Kier alpha value is -1.83. The molecule has 0 atom stereocenters. The van der Waals surface area contributed by atoms with E-state index >= 15 is 0 Å². The van der Waals surface area contributed by atoms with Crippen LogP contribution in [0.5, 0.6) is 0 Å². The Kier molecular flexibility index (Phi) is 3.43. The summed E-state index contributed by atoms with van der Waals surface area (Å²) in [6, 6.07) is 8.14. The van der Waals surface area contributed by atoms with E-state index in [4.69, 9.17) is 0 Å². The number of allylic oxidation sites excluding steroid dienone is 1. The maximum atomic E-state index is 11.5. The van der Waals surface area contributed by atoms with Crippen molar-refractivity contribution >= 4 is 22.8 Å². The molecule has 0 aliphatic carbocycles. The van der Waals surface area contributed by atoms with Crippen molar-refractivity contribution in [2.45, 2.75) is 26.7 Å². The number of rotatable bonds is 4. The molecule has 0 amide bonds. The fourth-order valence-electron chi connectivity index (χ4n) is 2.02. The van der Waals surface area contributed by atoms with Gasteiger partial charge in [-0.2, -0.15) is 0 Å². The Bertz CT molecular complexity index is 563. The van der Waals surface area contributed by atoms with Gasteiger partial charge in [0.1, 0.15) is 0 Å². The molecule has 2 rings (SSSR count). The van der Waals surface area contributed by atoms with E-state index in [9.17, 15) is 4.79 Å². The van der Waals surface area contributed by atoms with Gasteiger partial charge in [-0.3, -0.25) is 4.79 Å². The Morgan fingerprint density at radius 3 is 2.88 bits per heavy atom. The lowest BCUT2D eigenvalue weighted by Crippen LogP contribution is -1.89. The number of hydrogen-bond acceptors (Lipinski definition) is 1. The number of nitrogens with one attached hydrogen (secondary N) is 1. The summed E-state index contributed by atoms with van der Waals surface area (Å²) in [5.74, 6) is 0.192. The van der Waals surface area contributed by atoms with Crippen molar-refractivity contribution in [2.24, 2.45) is 0 Å². The lowest BCUT2D eigenvalue weighted by atomic mass is 10.1. The highest BCUT2D eigenvalue weighted by atomic mass is 16.1. The molecule has 88 valence electrons. The molecule has 17 heavy (non-hydrogen) atoms. The fourth-order valence-corrected chi connectivity index (χ4v) is 2.02. The predicted molar refractivity (Wildman–Crippen MR) is 72.0 cm³/mol. The number of aryl methyl sites for hydroxylation is 1. The molecule has 2 nitrogen and oxygen atoms in total. The van der Waals surface area contributed by atoms with E-state index in [1.807, 2.05) is 38.1 Å². The van der Waals surface area contributed by atoms with Crippen LogP contribution in [0.25, 0.3) is 17.0 Å². The van der Waals surface area contributed by atoms with E-state index < -0.39 is 0 Å². The predicted octanol–water partition coefficient (Wildman–Crippen LogP) is 3.86. The van der Waals surface area contributed by atoms with Gasteiger partial charge in [0.2, 0.25) is 0 Å². The van der Waals surface area contributed by atoms with Crippen molar-refractivity contribution in [3.8, 4) is 0 Å². The Balaban J connectivity index is 2.35. The minimum absolute atomic E-state index is 0.192. The largest absolute Gasteiger partial charge is 0.358 e. The molecule has 0 aliphatic rings. The highest BCUT2D eigenvalue weighted by Crippen LogP contribution is 2.22. The van der Waals surface area contributed by atoms with Crippen LogP contribution in [0, 0.1) is 6.92 Å². The summed E-state index contributed by atoms with van der Waals surface area (Å²) in [5.41, 5.74) is 3.34. The van der Waals surface area contributed by atoms with Crippen molar-refractivity contribution in [3.05, 3.63) is 41.6 Å². The van der Waals surface area contributed by atoms with E-state index in [2.05, 4.69) is 11.1 Å². The van der Waals surface area contributed by atoms with Crippen LogP contribution in [-0.2, 0) is 4.79 Å². The van der Waals surface area contributed by atoms with Gasteiger partial charge in [-0.15, -0.1) is 0 Å². The van der Waals surface area contributed by atoms with Crippen LogP contribution in [0.2, 0.25) is 0 Å². The van der Waals surface area contributed by atoms with Gasteiger partial charge < -0.3 is 4.98 Å². The number of para-hydroxylation sites is 1. The highest BCUT2D eigenvalue weighted by molar-refractivity contribution is 5.97. The monoisotopic (exact) mass is 227 g/mol. The van der Waals surface area contributed by atoms with Crippen molar-refractivity contribution < 1.29 is 4.79 Å². The fraction of sp³-hybridized carbons (Fsp3) is 0.267. The Labute approximate surface area is 101 Å². The summed E-state index contributed by atoms with van der Waals surface area (Å²) >= 11 is 0. The number of carbonyl (C=O) groups excluding carboxylic acids is 1. The molecule has 0 bridgehead atoms. The van der Waals surface area contributed by atoms with Gasteiger partial charge in [0.05, 0.1) is 0 Å². The minimum Gasteiger partial charge on any atom is -0.358 e. The van der Waals surface area contributed by atoms with E-state index in [1.54, 1.807) is 6.08 Å².